The number of hydrogen-bond donors (Lipinski definition) is 1. The highest BCUT2D eigenvalue weighted by Gasteiger charge is 2.30. The molecule has 2 aliphatic rings. The van der Waals surface area contributed by atoms with Crippen LogP contribution in [0.4, 0.5) is 8.78 Å². The number of ether oxygens (including phenoxy) is 3. The van der Waals surface area contributed by atoms with Crippen molar-refractivity contribution in [1.29, 1.82) is 0 Å². The normalized spacial score (nSPS) is 20.9. The lowest BCUT2D eigenvalue weighted by atomic mass is 10.2. The van der Waals surface area contributed by atoms with Gasteiger partial charge in [-0.05, 0) is 31.0 Å². The topological polar surface area (TPSA) is 58.6 Å². The molecule has 1 N–H and O–H groups in total. The van der Waals surface area contributed by atoms with Gasteiger partial charge in [0.05, 0.1) is 19.8 Å². The highest BCUT2D eigenvalue weighted by molar-refractivity contribution is 5.80. The Kier molecular flexibility index (Phi) is 7.88. The van der Waals surface area contributed by atoms with E-state index in [2.05, 4.69) is 24.8 Å². The molecule has 1 aromatic rings. The lowest BCUT2D eigenvalue weighted by Crippen LogP contribution is -2.46. The number of nitrogens with one attached hydrogen (secondary N) is 1. The van der Waals surface area contributed by atoms with Crippen molar-refractivity contribution >= 4 is 5.96 Å². The van der Waals surface area contributed by atoms with Gasteiger partial charge < -0.3 is 24.4 Å². The molecule has 0 aliphatic carbocycles. The van der Waals surface area contributed by atoms with Crippen molar-refractivity contribution in [3.63, 3.8) is 0 Å². The summed E-state index contributed by atoms with van der Waals surface area (Å²) >= 11 is 0. The minimum atomic E-state index is -2.88. The standard InChI is InChI=1S/C20H30F2N4O3/c1-3-28-18-12-15(4-5-17(18)29-19(21)22)13-24-20(23-2)26-7-6-16(14-26)25-8-10-27-11-9-25/h4-5,12,16,19H,3,6-11,13-14H2,1-2H3,(H,23,24). The Bertz CT molecular complexity index is 684. The molecule has 3 rings (SSSR count). The van der Waals surface area contributed by atoms with Gasteiger partial charge in [0.1, 0.15) is 0 Å². The van der Waals surface area contributed by atoms with Crippen molar-refractivity contribution in [2.75, 3.05) is 53.0 Å². The maximum Gasteiger partial charge on any atom is 0.387 e. The second kappa shape index (κ2) is 10.6. The zero-order valence-electron chi connectivity index (χ0n) is 17.1. The Morgan fingerprint density at radius 1 is 1.28 bits per heavy atom. The molecule has 2 fully saturated rings. The van der Waals surface area contributed by atoms with Crippen LogP contribution in [-0.4, -0.2) is 81.5 Å². The summed E-state index contributed by atoms with van der Waals surface area (Å²) in [6.45, 7) is 5.26. The predicted molar refractivity (Wildman–Crippen MR) is 107 cm³/mol. The molecule has 1 unspecified atom stereocenters. The number of nitrogens with zero attached hydrogens (tertiary/aromatic N) is 3. The Hall–Kier alpha value is -2.13. The molecule has 0 bridgehead atoms. The Morgan fingerprint density at radius 2 is 2.07 bits per heavy atom. The van der Waals surface area contributed by atoms with E-state index >= 15 is 0 Å². The van der Waals surface area contributed by atoms with Crippen molar-refractivity contribution in [3.8, 4) is 11.5 Å². The first kappa shape index (κ1) is 21.6. The van der Waals surface area contributed by atoms with Gasteiger partial charge in [-0.1, -0.05) is 6.07 Å². The van der Waals surface area contributed by atoms with Crippen molar-refractivity contribution < 1.29 is 23.0 Å². The van der Waals surface area contributed by atoms with E-state index in [0.29, 0.717) is 24.9 Å². The van der Waals surface area contributed by atoms with Crippen LogP contribution in [0.5, 0.6) is 11.5 Å². The third-order valence-electron chi connectivity index (χ3n) is 5.21. The first-order chi connectivity index (χ1) is 14.1. The van der Waals surface area contributed by atoms with Crippen molar-refractivity contribution in [1.82, 2.24) is 15.1 Å². The highest BCUT2D eigenvalue weighted by atomic mass is 19.3. The van der Waals surface area contributed by atoms with Crippen molar-refractivity contribution in [2.24, 2.45) is 4.99 Å². The average Bonchev–Trinajstić information content (AvgIpc) is 3.21. The fourth-order valence-corrected chi connectivity index (χ4v) is 3.81. The molecule has 1 aromatic carbocycles. The fraction of sp³-hybridized carbons (Fsp3) is 0.650. The monoisotopic (exact) mass is 412 g/mol. The summed E-state index contributed by atoms with van der Waals surface area (Å²) in [6.07, 6.45) is 1.11. The van der Waals surface area contributed by atoms with Crippen LogP contribution in [-0.2, 0) is 11.3 Å². The molecular weight excluding hydrogens is 382 g/mol. The third-order valence-corrected chi connectivity index (χ3v) is 5.21. The molecule has 0 spiro atoms. The van der Waals surface area contributed by atoms with Crippen LogP contribution in [0.25, 0.3) is 0 Å². The van der Waals surface area contributed by atoms with Gasteiger partial charge in [0.2, 0.25) is 0 Å². The first-order valence-corrected chi connectivity index (χ1v) is 10.1. The molecule has 29 heavy (non-hydrogen) atoms. The number of rotatable bonds is 7. The molecule has 162 valence electrons. The smallest absolute Gasteiger partial charge is 0.387 e. The van der Waals surface area contributed by atoms with Gasteiger partial charge in [-0.2, -0.15) is 8.78 Å². The molecule has 2 heterocycles. The van der Waals surface area contributed by atoms with Gasteiger partial charge in [-0.15, -0.1) is 0 Å². The van der Waals surface area contributed by atoms with Crippen LogP contribution in [0, 0.1) is 0 Å². The van der Waals surface area contributed by atoms with Crippen molar-refractivity contribution in [3.05, 3.63) is 23.8 Å². The number of aliphatic imine (C=N–C) groups is 1. The third kappa shape index (κ3) is 5.93. The second-order valence-electron chi connectivity index (χ2n) is 7.03. The Balaban J connectivity index is 1.57. The van der Waals surface area contributed by atoms with Gasteiger partial charge in [0.25, 0.3) is 0 Å². The summed E-state index contributed by atoms with van der Waals surface area (Å²) < 4.78 is 40.5. The number of benzene rings is 1. The number of likely N-dealkylation sites (tertiary alicyclic amines) is 1. The quantitative estimate of drug-likeness (QED) is 0.547. The van der Waals surface area contributed by atoms with E-state index in [0.717, 1.165) is 57.3 Å². The lowest BCUT2D eigenvalue weighted by Gasteiger charge is -2.32. The number of morpholine rings is 1. The number of halogens is 2. The number of guanidine groups is 1. The van der Waals surface area contributed by atoms with Crippen LogP contribution in [0.15, 0.2) is 23.2 Å². The minimum absolute atomic E-state index is 0.0443. The molecule has 0 radical (unpaired) electrons. The molecule has 2 saturated heterocycles. The molecule has 0 aromatic heterocycles. The lowest BCUT2D eigenvalue weighted by molar-refractivity contribution is -0.0514. The van der Waals surface area contributed by atoms with E-state index in [1.807, 2.05) is 0 Å². The van der Waals surface area contributed by atoms with Gasteiger partial charge in [0.15, 0.2) is 17.5 Å². The maximum absolute atomic E-state index is 12.6. The summed E-state index contributed by atoms with van der Waals surface area (Å²) in [7, 11) is 1.77. The summed E-state index contributed by atoms with van der Waals surface area (Å²) in [5.41, 5.74) is 0.903. The molecule has 0 saturated carbocycles. The van der Waals surface area contributed by atoms with Gasteiger partial charge in [0, 0.05) is 45.8 Å². The Morgan fingerprint density at radius 3 is 2.76 bits per heavy atom. The van der Waals surface area contributed by atoms with Gasteiger partial charge >= 0.3 is 6.61 Å². The molecule has 1 atom stereocenters. The van der Waals surface area contributed by atoms with Crippen LogP contribution >= 0.6 is 0 Å². The van der Waals surface area contributed by atoms with E-state index in [9.17, 15) is 8.78 Å². The van der Waals surface area contributed by atoms with Crippen LogP contribution in [0.3, 0.4) is 0 Å². The second-order valence-corrected chi connectivity index (χ2v) is 7.03. The number of hydrogen-bond acceptors (Lipinski definition) is 5. The minimum Gasteiger partial charge on any atom is -0.490 e. The summed E-state index contributed by atoms with van der Waals surface area (Å²) in [5, 5.41) is 3.37. The summed E-state index contributed by atoms with van der Waals surface area (Å²) in [4.78, 5) is 9.17. The first-order valence-electron chi connectivity index (χ1n) is 10.1. The van der Waals surface area contributed by atoms with E-state index in [4.69, 9.17) is 9.47 Å². The SMILES string of the molecule is CCOc1cc(CNC(=NC)N2CCC(N3CCOCC3)C2)ccc1OC(F)F. The maximum atomic E-state index is 12.6. The zero-order chi connectivity index (χ0) is 20.6. The predicted octanol–water partition coefficient (Wildman–Crippen LogP) is 2.17. The fourth-order valence-electron chi connectivity index (χ4n) is 3.81. The molecular formula is C20H30F2N4O3. The van der Waals surface area contributed by atoms with Gasteiger partial charge in [-0.25, -0.2) is 0 Å². The molecule has 2 aliphatic heterocycles. The molecule has 9 heteroatoms. The van der Waals surface area contributed by atoms with Crippen molar-refractivity contribution in [2.45, 2.75) is 32.5 Å². The average molecular weight is 412 g/mol. The van der Waals surface area contributed by atoms with Crippen LogP contribution in [0.1, 0.15) is 18.9 Å². The molecule has 0 amide bonds. The van der Waals surface area contributed by atoms with E-state index in [-0.39, 0.29) is 5.75 Å². The molecule has 7 nitrogen and oxygen atoms in total. The summed E-state index contributed by atoms with van der Waals surface area (Å²) in [5.74, 6) is 1.20. The van der Waals surface area contributed by atoms with E-state index in [1.165, 1.54) is 6.07 Å². The zero-order valence-corrected chi connectivity index (χ0v) is 17.1. The highest BCUT2D eigenvalue weighted by Crippen LogP contribution is 2.30. The van der Waals surface area contributed by atoms with E-state index < -0.39 is 6.61 Å². The van der Waals surface area contributed by atoms with Crippen LogP contribution < -0.4 is 14.8 Å². The largest absolute Gasteiger partial charge is 0.490 e. The Labute approximate surface area is 170 Å². The van der Waals surface area contributed by atoms with E-state index in [1.54, 1.807) is 26.1 Å². The van der Waals surface area contributed by atoms with Gasteiger partial charge in [-0.3, -0.25) is 9.89 Å². The van der Waals surface area contributed by atoms with Crippen LogP contribution in [0.2, 0.25) is 0 Å². The number of alkyl halides is 2. The summed E-state index contributed by atoms with van der Waals surface area (Å²) in [6, 6.07) is 5.51.